The fourth-order valence-corrected chi connectivity index (χ4v) is 3.00. The number of aryl methyl sites for hydroxylation is 1. The van der Waals surface area contributed by atoms with Crippen molar-refractivity contribution in [1.82, 2.24) is 10.2 Å². The standard InChI is InChI=1S/C16H19F2N3O/c1-16(2)8-7-10-5-3-4-6-11(10)12(9-16)19-15-21-20-14(22-15)13(17)18/h3-6,12-13H,7-9H2,1-2H3,(H,19,21). The molecule has 6 heteroatoms. The smallest absolute Gasteiger partial charge is 0.316 e. The number of nitrogens with one attached hydrogen (secondary N) is 1. The maximum atomic E-state index is 12.6. The van der Waals surface area contributed by atoms with Crippen LogP contribution >= 0.6 is 0 Å². The topological polar surface area (TPSA) is 51.0 Å². The van der Waals surface area contributed by atoms with Gasteiger partial charge in [0.05, 0.1) is 6.04 Å². The highest BCUT2D eigenvalue weighted by Gasteiger charge is 2.30. The Kier molecular flexibility index (Phi) is 3.85. The van der Waals surface area contributed by atoms with Crippen LogP contribution in [0, 0.1) is 5.41 Å². The Morgan fingerprint density at radius 2 is 2.05 bits per heavy atom. The summed E-state index contributed by atoms with van der Waals surface area (Å²) in [5.41, 5.74) is 2.59. The molecule has 1 atom stereocenters. The zero-order valence-corrected chi connectivity index (χ0v) is 12.6. The Morgan fingerprint density at radius 1 is 1.27 bits per heavy atom. The minimum absolute atomic E-state index is 0.0281. The number of benzene rings is 1. The normalized spacial score (nSPS) is 20.5. The van der Waals surface area contributed by atoms with Crippen LogP contribution in [0.2, 0.25) is 0 Å². The molecule has 1 heterocycles. The third kappa shape index (κ3) is 3.10. The van der Waals surface area contributed by atoms with E-state index in [1.54, 1.807) is 0 Å². The molecule has 3 rings (SSSR count). The van der Waals surface area contributed by atoms with Gasteiger partial charge in [0.15, 0.2) is 0 Å². The minimum atomic E-state index is -2.75. The summed E-state index contributed by atoms with van der Waals surface area (Å²) in [6.45, 7) is 4.43. The molecule has 2 aromatic rings. The van der Waals surface area contributed by atoms with Gasteiger partial charge < -0.3 is 9.73 Å². The van der Waals surface area contributed by atoms with Crippen LogP contribution in [0.3, 0.4) is 0 Å². The first-order chi connectivity index (χ1) is 10.4. The predicted molar refractivity (Wildman–Crippen MR) is 78.8 cm³/mol. The predicted octanol–water partition coefficient (Wildman–Crippen LogP) is 4.52. The van der Waals surface area contributed by atoms with Crippen molar-refractivity contribution in [3.8, 4) is 0 Å². The van der Waals surface area contributed by atoms with E-state index in [2.05, 4.69) is 41.5 Å². The first kappa shape index (κ1) is 14.9. The Morgan fingerprint density at radius 3 is 2.77 bits per heavy atom. The van der Waals surface area contributed by atoms with Crippen LogP contribution in [0.4, 0.5) is 14.8 Å². The van der Waals surface area contributed by atoms with Crippen LogP contribution in [-0.2, 0) is 6.42 Å². The first-order valence-corrected chi connectivity index (χ1v) is 7.40. The molecule has 1 aliphatic carbocycles. The van der Waals surface area contributed by atoms with Crippen molar-refractivity contribution < 1.29 is 13.2 Å². The second-order valence-corrected chi connectivity index (χ2v) is 6.51. The molecule has 0 fully saturated rings. The lowest BCUT2D eigenvalue weighted by atomic mass is 9.83. The van der Waals surface area contributed by atoms with Crippen molar-refractivity contribution >= 4 is 6.01 Å². The fourth-order valence-electron chi connectivity index (χ4n) is 3.00. The van der Waals surface area contributed by atoms with E-state index in [-0.39, 0.29) is 17.5 Å². The summed E-state index contributed by atoms with van der Waals surface area (Å²) < 4.78 is 30.1. The number of anilines is 1. The Balaban J connectivity index is 1.89. The Hall–Kier alpha value is -1.98. The van der Waals surface area contributed by atoms with Crippen LogP contribution in [0.5, 0.6) is 0 Å². The zero-order chi connectivity index (χ0) is 15.7. The Labute approximate surface area is 127 Å². The molecular weight excluding hydrogens is 288 g/mol. The summed E-state index contributed by atoms with van der Waals surface area (Å²) in [6.07, 6.45) is 0.207. The highest BCUT2D eigenvalue weighted by atomic mass is 19.3. The maximum absolute atomic E-state index is 12.6. The van der Waals surface area contributed by atoms with Crippen LogP contribution in [0.1, 0.15) is 56.2 Å². The van der Waals surface area contributed by atoms with Gasteiger partial charge in [0.2, 0.25) is 0 Å². The van der Waals surface area contributed by atoms with Crippen molar-refractivity contribution in [2.45, 2.75) is 45.6 Å². The third-order valence-electron chi connectivity index (χ3n) is 4.18. The van der Waals surface area contributed by atoms with E-state index in [1.807, 2.05) is 12.1 Å². The highest BCUT2D eigenvalue weighted by Crippen LogP contribution is 2.40. The van der Waals surface area contributed by atoms with Crippen molar-refractivity contribution in [3.63, 3.8) is 0 Å². The van der Waals surface area contributed by atoms with E-state index in [0.717, 1.165) is 19.3 Å². The summed E-state index contributed by atoms with van der Waals surface area (Å²) >= 11 is 0. The van der Waals surface area contributed by atoms with Gasteiger partial charge in [0, 0.05) is 0 Å². The Bertz CT molecular complexity index is 654. The molecule has 0 saturated carbocycles. The molecular formula is C16H19F2N3O. The van der Waals surface area contributed by atoms with Crippen LogP contribution in [-0.4, -0.2) is 10.2 Å². The molecule has 0 aliphatic heterocycles. The number of alkyl halides is 2. The lowest BCUT2D eigenvalue weighted by Crippen LogP contribution is -2.19. The van der Waals surface area contributed by atoms with Crippen LogP contribution in [0.15, 0.2) is 28.7 Å². The molecule has 0 saturated heterocycles. The zero-order valence-electron chi connectivity index (χ0n) is 12.6. The molecule has 0 amide bonds. The molecule has 4 nitrogen and oxygen atoms in total. The van der Waals surface area contributed by atoms with Crippen molar-refractivity contribution in [2.75, 3.05) is 5.32 Å². The highest BCUT2D eigenvalue weighted by molar-refractivity contribution is 5.37. The lowest BCUT2D eigenvalue weighted by molar-refractivity contribution is 0.116. The molecule has 1 aliphatic rings. The summed E-state index contributed by atoms with van der Waals surface area (Å²) in [4.78, 5) is 0. The molecule has 118 valence electrons. The molecule has 0 spiro atoms. The van der Waals surface area contributed by atoms with Gasteiger partial charge in [-0.2, -0.15) is 8.78 Å². The van der Waals surface area contributed by atoms with Crippen molar-refractivity contribution in [1.29, 1.82) is 0 Å². The van der Waals surface area contributed by atoms with Crippen molar-refractivity contribution in [2.24, 2.45) is 5.41 Å². The molecule has 1 aromatic carbocycles. The van der Waals surface area contributed by atoms with E-state index < -0.39 is 12.3 Å². The number of nitrogens with zero attached hydrogens (tertiary/aromatic N) is 2. The quantitative estimate of drug-likeness (QED) is 0.847. The van der Waals surface area contributed by atoms with Crippen molar-refractivity contribution in [3.05, 3.63) is 41.3 Å². The lowest BCUT2D eigenvalue weighted by Gasteiger charge is -2.27. The SMILES string of the molecule is CC1(C)CCc2ccccc2C(Nc2nnc(C(F)F)o2)C1. The summed E-state index contributed by atoms with van der Waals surface area (Å²) in [6, 6.07) is 8.22. The minimum Gasteiger partial charge on any atom is -0.402 e. The van der Waals surface area contributed by atoms with Gasteiger partial charge in [0.25, 0.3) is 5.89 Å². The van der Waals surface area contributed by atoms with Gasteiger partial charge in [-0.3, -0.25) is 0 Å². The number of fused-ring (bicyclic) bond motifs is 1. The molecule has 22 heavy (non-hydrogen) atoms. The van der Waals surface area contributed by atoms with Gasteiger partial charge in [-0.25, -0.2) is 0 Å². The van der Waals surface area contributed by atoms with E-state index >= 15 is 0 Å². The van der Waals surface area contributed by atoms with E-state index in [0.29, 0.717) is 0 Å². The maximum Gasteiger partial charge on any atom is 0.316 e. The first-order valence-electron chi connectivity index (χ1n) is 7.40. The molecule has 1 N–H and O–H groups in total. The van der Waals surface area contributed by atoms with E-state index in [1.165, 1.54) is 11.1 Å². The number of rotatable bonds is 3. The molecule has 1 aromatic heterocycles. The van der Waals surface area contributed by atoms with Gasteiger partial charge in [-0.15, -0.1) is 5.10 Å². The molecule has 0 bridgehead atoms. The van der Waals surface area contributed by atoms with Crippen LogP contribution in [0.25, 0.3) is 0 Å². The molecule has 1 unspecified atom stereocenters. The number of aromatic nitrogens is 2. The largest absolute Gasteiger partial charge is 0.402 e. The van der Waals surface area contributed by atoms with Crippen LogP contribution < -0.4 is 5.32 Å². The summed E-state index contributed by atoms with van der Waals surface area (Å²) in [5.74, 6) is -0.649. The van der Waals surface area contributed by atoms with Gasteiger partial charge >= 0.3 is 12.4 Å². The fraction of sp³-hybridized carbons (Fsp3) is 0.500. The summed E-state index contributed by atoms with van der Waals surface area (Å²) in [7, 11) is 0. The average molecular weight is 307 g/mol. The van der Waals surface area contributed by atoms with Gasteiger partial charge in [-0.05, 0) is 35.8 Å². The van der Waals surface area contributed by atoms with E-state index in [9.17, 15) is 8.78 Å². The molecule has 0 radical (unpaired) electrons. The number of halogens is 2. The summed E-state index contributed by atoms with van der Waals surface area (Å²) in [5, 5.41) is 10.2. The number of hydrogen-bond acceptors (Lipinski definition) is 4. The number of hydrogen-bond donors (Lipinski definition) is 1. The third-order valence-corrected chi connectivity index (χ3v) is 4.18. The van der Waals surface area contributed by atoms with Gasteiger partial charge in [-0.1, -0.05) is 43.2 Å². The van der Waals surface area contributed by atoms with E-state index in [4.69, 9.17) is 4.42 Å². The van der Waals surface area contributed by atoms with Gasteiger partial charge in [0.1, 0.15) is 0 Å². The second-order valence-electron chi connectivity index (χ2n) is 6.51. The second kappa shape index (κ2) is 5.66. The monoisotopic (exact) mass is 307 g/mol. The average Bonchev–Trinajstić information content (AvgIpc) is 2.88.